The number of fused-ring (bicyclic) bond motifs is 2. The average molecular weight is 440 g/mol. The summed E-state index contributed by atoms with van der Waals surface area (Å²) < 4.78 is 44.2. The van der Waals surface area contributed by atoms with Crippen LogP contribution >= 0.6 is 0 Å². The lowest BCUT2D eigenvalue weighted by molar-refractivity contribution is -0.137. The van der Waals surface area contributed by atoms with E-state index in [1.807, 2.05) is 12.1 Å². The van der Waals surface area contributed by atoms with E-state index in [1.165, 1.54) is 6.07 Å². The van der Waals surface area contributed by atoms with Crippen molar-refractivity contribution in [1.82, 2.24) is 19.9 Å². The van der Waals surface area contributed by atoms with Crippen LogP contribution in [0.25, 0.3) is 11.4 Å². The van der Waals surface area contributed by atoms with Gasteiger partial charge in [0.2, 0.25) is 5.88 Å². The summed E-state index contributed by atoms with van der Waals surface area (Å²) in [6, 6.07) is 10.9. The Bertz CT molecular complexity index is 1120. The normalized spacial score (nSPS) is 22.2. The Morgan fingerprint density at radius 1 is 1.00 bits per heavy atom. The maximum absolute atomic E-state index is 13.5. The zero-order valence-electron chi connectivity index (χ0n) is 16.9. The van der Waals surface area contributed by atoms with Gasteiger partial charge in [-0.15, -0.1) is 0 Å². The Morgan fingerprint density at radius 3 is 2.47 bits per heavy atom. The number of alkyl halides is 3. The van der Waals surface area contributed by atoms with Crippen molar-refractivity contribution in [2.75, 3.05) is 6.54 Å². The Kier molecular flexibility index (Phi) is 5.03. The number of rotatable bonds is 4. The van der Waals surface area contributed by atoms with Gasteiger partial charge in [-0.2, -0.15) is 13.2 Å². The minimum atomic E-state index is -4.45. The molecule has 2 fully saturated rings. The molecule has 1 saturated carbocycles. The summed E-state index contributed by atoms with van der Waals surface area (Å²) in [4.78, 5) is 27.6. The van der Waals surface area contributed by atoms with E-state index >= 15 is 0 Å². The second kappa shape index (κ2) is 7.89. The molecule has 3 aromatic rings. The molecular formula is C23H19F3N4O2. The fourth-order valence-corrected chi connectivity index (χ4v) is 4.56. The number of pyridine rings is 1. The van der Waals surface area contributed by atoms with Crippen LogP contribution in [-0.4, -0.2) is 44.4 Å². The molecule has 2 bridgehead atoms. The fraction of sp³-hybridized carbons (Fsp3) is 0.304. The number of carbonyl (C=O) groups is 1. The molecule has 5 rings (SSSR count). The monoisotopic (exact) mass is 440 g/mol. The van der Waals surface area contributed by atoms with Gasteiger partial charge in [-0.05, 0) is 37.0 Å². The molecule has 0 unspecified atom stereocenters. The summed E-state index contributed by atoms with van der Waals surface area (Å²) in [6.45, 7) is 0.619. The number of nitrogens with zero attached hydrogens (tertiary/aromatic N) is 4. The fourth-order valence-electron chi connectivity index (χ4n) is 4.56. The molecule has 1 aliphatic heterocycles. The third kappa shape index (κ3) is 3.79. The van der Waals surface area contributed by atoms with Gasteiger partial charge in [-0.1, -0.05) is 18.2 Å². The maximum Gasteiger partial charge on any atom is 0.417 e. The first-order valence-corrected chi connectivity index (χ1v) is 10.3. The number of hydrogen-bond acceptors (Lipinski definition) is 5. The van der Waals surface area contributed by atoms with E-state index in [9.17, 15) is 18.0 Å². The van der Waals surface area contributed by atoms with E-state index in [0.717, 1.165) is 25.1 Å². The van der Waals surface area contributed by atoms with Gasteiger partial charge in [-0.3, -0.25) is 4.79 Å². The summed E-state index contributed by atoms with van der Waals surface area (Å²) in [5.74, 6) is 0.751. The van der Waals surface area contributed by atoms with Crippen molar-refractivity contribution in [3.05, 3.63) is 72.2 Å². The highest BCUT2D eigenvalue weighted by Gasteiger charge is 2.48. The minimum Gasteiger partial charge on any atom is -0.472 e. The van der Waals surface area contributed by atoms with Crippen LogP contribution < -0.4 is 4.74 Å². The molecule has 3 heterocycles. The molecule has 0 spiro atoms. The zero-order chi connectivity index (χ0) is 22.3. The number of carbonyl (C=O) groups excluding carboxylic acids is 1. The van der Waals surface area contributed by atoms with Crippen LogP contribution in [0, 0.1) is 5.92 Å². The number of halogens is 3. The third-order valence-corrected chi connectivity index (χ3v) is 5.99. The van der Waals surface area contributed by atoms with E-state index in [4.69, 9.17) is 4.74 Å². The van der Waals surface area contributed by atoms with E-state index in [0.29, 0.717) is 23.5 Å². The van der Waals surface area contributed by atoms with Crippen molar-refractivity contribution in [3.8, 4) is 17.3 Å². The Morgan fingerprint density at radius 2 is 1.78 bits per heavy atom. The van der Waals surface area contributed by atoms with Gasteiger partial charge in [0.15, 0.2) is 5.82 Å². The summed E-state index contributed by atoms with van der Waals surface area (Å²) in [6.07, 6.45) is 0.785. The van der Waals surface area contributed by atoms with Gasteiger partial charge in [0.05, 0.1) is 17.2 Å². The molecule has 2 aromatic heterocycles. The number of piperidine rings is 1. The highest BCUT2D eigenvalue weighted by molar-refractivity contribution is 6.00. The van der Waals surface area contributed by atoms with Crippen LogP contribution in [0.15, 0.2) is 61.1 Å². The molecule has 2 aliphatic rings. The molecule has 1 aliphatic carbocycles. The van der Waals surface area contributed by atoms with Crippen LogP contribution in [0.4, 0.5) is 13.2 Å². The topological polar surface area (TPSA) is 68.2 Å². The highest BCUT2D eigenvalue weighted by atomic mass is 19.4. The first-order valence-electron chi connectivity index (χ1n) is 10.3. The molecule has 9 heteroatoms. The number of benzene rings is 1. The van der Waals surface area contributed by atoms with Crippen LogP contribution in [-0.2, 0) is 6.18 Å². The van der Waals surface area contributed by atoms with Crippen molar-refractivity contribution in [2.45, 2.75) is 31.2 Å². The zero-order valence-corrected chi connectivity index (χ0v) is 16.9. The number of likely N-dealkylation sites (tertiary alicyclic amines) is 1. The number of amides is 1. The molecule has 1 saturated heterocycles. The smallest absolute Gasteiger partial charge is 0.417 e. The van der Waals surface area contributed by atoms with Gasteiger partial charge in [-0.25, -0.2) is 15.0 Å². The standard InChI is InChI=1S/C23H19F3N4O2/c24-23(25,26)15-6-7-20(29-12-15)32-19-11-14-10-18(19)30(13-14)22(31)17-5-2-1-4-16(17)21-27-8-3-9-28-21/h1-9,12,14,18-19H,10-11,13H2/t14-,18+,19-/m1/s1. The van der Waals surface area contributed by atoms with E-state index < -0.39 is 11.7 Å². The Balaban J connectivity index is 1.35. The highest BCUT2D eigenvalue weighted by Crippen LogP contribution is 2.41. The molecule has 164 valence electrons. The lowest BCUT2D eigenvalue weighted by Gasteiger charge is -2.33. The largest absolute Gasteiger partial charge is 0.472 e. The lowest BCUT2D eigenvalue weighted by Crippen LogP contribution is -2.47. The van der Waals surface area contributed by atoms with Crippen molar-refractivity contribution in [3.63, 3.8) is 0 Å². The predicted molar refractivity (Wildman–Crippen MR) is 109 cm³/mol. The van der Waals surface area contributed by atoms with Crippen LogP contribution in [0.1, 0.15) is 28.8 Å². The molecule has 0 N–H and O–H groups in total. The predicted octanol–water partition coefficient (Wildman–Crippen LogP) is 4.24. The van der Waals surface area contributed by atoms with Gasteiger partial charge < -0.3 is 9.64 Å². The second-order valence-corrected chi connectivity index (χ2v) is 8.02. The van der Waals surface area contributed by atoms with Crippen molar-refractivity contribution >= 4 is 5.91 Å². The van der Waals surface area contributed by atoms with E-state index in [-0.39, 0.29) is 29.9 Å². The number of ether oxygens (including phenoxy) is 1. The minimum absolute atomic E-state index is 0.126. The lowest BCUT2D eigenvalue weighted by atomic mass is 10.0. The molecule has 1 aromatic carbocycles. The molecule has 32 heavy (non-hydrogen) atoms. The molecule has 6 nitrogen and oxygen atoms in total. The van der Waals surface area contributed by atoms with Crippen molar-refractivity contribution < 1.29 is 22.7 Å². The molecule has 1 amide bonds. The third-order valence-electron chi connectivity index (χ3n) is 5.99. The number of aromatic nitrogens is 3. The maximum atomic E-state index is 13.5. The number of hydrogen-bond donors (Lipinski definition) is 0. The van der Waals surface area contributed by atoms with Gasteiger partial charge in [0.1, 0.15) is 6.10 Å². The summed E-state index contributed by atoms with van der Waals surface area (Å²) >= 11 is 0. The Labute approximate surface area is 182 Å². The summed E-state index contributed by atoms with van der Waals surface area (Å²) in [5.41, 5.74) is 0.342. The molecule has 0 radical (unpaired) electrons. The molecular weight excluding hydrogens is 421 g/mol. The average Bonchev–Trinajstić information content (AvgIpc) is 3.40. The first-order chi connectivity index (χ1) is 15.4. The van der Waals surface area contributed by atoms with Crippen molar-refractivity contribution in [1.29, 1.82) is 0 Å². The quantitative estimate of drug-likeness (QED) is 0.607. The first kappa shape index (κ1) is 20.4. The van der Waals surface area contributed by atoms with E-state index in [1.54, 1.807) is 35.5 Å². The van der Waals surface area contributed by atoms with Gasteiger partial charge >= 0.3 is 6.18 Å². The second-order valence-electron chi connectivity index (χ2n) is 8.02. The summed E-state index contributed by atoms with van der Waals surface area (Å²) in [7, 11) is 0. The van der Waals surface area contributed by atoms with Gasteiger partial charge in [0.25, 0.3) is 5.91 Å². The van der Waals surface area contributed by atoms with Crippen LogP contribution in [0.3, 0.4) is 0 Å². The van der Waals surface area contributed by atoms with Crippen LogP contribution in [0.2, 0.25) is 0 Å². The van der Waals surface area contributed by atoms with Crippen molar-refractivity contribution in [2.24, 2.45) is 5.92 Å². The van der Waals surface area contributed by atoms with Gasteiger partial charge in [0, 0.05) is 36.8 Å². The summed E-state index contributed by atoms with van der Waals surface area (Å²) in [5, 5.41) is 0. The SMILES string of the molecule is O=C(c1ccccc1-c1ncccn1)N1C[C@H]2C[C@@H](Oc3ccc(C(F)(F)F)cn3)[C@@H]1C2. The molecule has 3 atom stereocenters. The Hall–Kier alpha value is -3.49. The van der Waals surface area contributed by atoms with E-state index in [2.05, 4.69) is 15.0 Å². The van der Waals surface area contributed by atoms with Crippen LogP contribution in [0.5, 0.6) is 5.88 Å².